The first-order valence-electron chi connectivity index (χ1n) is 5.99. The summed E-state index contributed by atoms with van der Waals surface area (Å²) in [5.74, 6) is -0.114. The summed E-state index contributed by atoms with van der Waals surface area (Å²) in [5.41, 5.74) is 7.83. The Morgan fingerprint density at radius 3 is 2.68 bits per heavy atom. The SMILES string of the molecule is NCC(Cc1cc(F)ccc1Br)c1cccc(Cl)c1. The molecule has 0 heterocycles. The molecular weight excluding hydrogens is 329 g/mol. The Balaban J connectivity index is 2.26. The summed E-state index contributed by atoms with van der Waals surface area (Å²) in [6.45, 7) is 0.489. The highest BCUT2D eigenvalue weighted by atomic mass is 79.9. The van der Waals surface area contributed by atoms with Gasteiger partial charge in [0.2, 0.25) is 0 Å². The van der Waals surface area contributed by atoms with E-state index in [1.165, 1.54) is 12.1 Å². The molecule has 2 aromatic carbocycles. The van der Waals surface area contributed by atoms with Crippen molar-refractivity contribution in [3.63, 3.8) is 0 Å². The number of hydrogen-bond donors (Lipinski definition) is 1. The van der Waals surface area contributed by atoms with E-state index in [2.05, 4.69) is 15.9 Å². The van der Waals surface area contributed by atoms with Gasteiger partial charge in [0, 0.05) is 15.4 Å². The third kappa shape index (κ3) is 3.78. The maximum atomic E-state index is 13.3. The number of benzene rings is 2. The summed E-state index contributed by atoms with van der Waals surface area (Å²) >= 11 is 9.44. The summed E-state index contributed by atoms with van der Waals surface area (Å²) in [7, 11) is 0. The zero-order valence-electron chi connectivity index (χ0n) is 10.2. The summed E-state index contributed by atoms with van der Waals surface area (Å²) in [6, 6.07) is 12.3. The second-order valence-corrected chi connectivity index (χ2v) is 5.72. The molecule has 0 fully saturated rings. The van der Waals surface area contributed by atoms with Gasteiger partial charge in [-0.2, -0.15) is 0 Å². The highest BCUT2D eigenvalue weighted by Crippen LogP contribution is 2.27. The van der Waals surface area contributed by atoms with Crippen LogP contribution in [0.1, 0.15) is 17.0 Å². The fourth-order valence-corrected chi connectivity index (χ4v) is 2.67. The van der Waals surface area contributed by atoms with Gasteiger partial charge in [-0.3, -0.25) is 0 Å². The Bertz CT molecular complexity index is 574. The molecule has 0 aromatic heterocycles. The number of halogens is 3. The van der Waals surface area contributed by atoms with E-state index < -0.39 is 0 Å². The van der Waals surface area contributed by atoms with Crippen LogP contribution >= 0.6 is 27.5 Å². The van der Waals surface area contributed by atoms with Crippen molar-refractivity contribution >= 4 is 27.5 Å². The molecule has 0 aliphatic carbocycles. The normalized spacial score (nSPS) is 12.4. The van der Waals surface area contributed by atoms with Gasteiger partial charge in [0.25, 0.3) is 0 Å². The lowest BCUT2D eigenvalue weighted by Crippen LogP contribution is -2.15. The van der Waals surface area contributed by atoms with Crippen LogP contribution in [0, 0.1) is 5.82 Å². The van der Waals surface area contributed by atoms with E-state index in [9.17, 15) is 4.39 Å². The first-order chi connectivity index (χ1) is 9.10. The number of rotatable bonds is 4. The third-order valence-corrected chi connectivity index (χ3v) is 4.09. The van der Waals surface area contributed by atoms with Gasteiger partial charge in [0.1, 0.15) is 5.82 Å². The lowest BCUT2D eigenvalue weighted by atomic mass is 9.92. The first-order valence-corrected chi connectivity index (χ1v) is 7.16. The predicted octanol–water partition coefficient (Wildman–Crippen LogP) is 4.53. The molecule has 4 heteroatoms. The van der Waals surface area contributed by atoms with E-state index in [0.29, 0.717) is 18.0 Å². The van der Waals surface area contributed by atoms with E-state index in [-0.39, 0.29) is 11.7 Å². The maximum Gasteiger partial charge on any atom is 0.123 e. The van der Waals surface area contributed by atoms with Crippen LogP contribution < -0.4 is 5.73 Å². The van der Waals surface area contributed by atoms with Gasteiger partial charge in [0.05, 0.1) is 0 Å². The van der Waals surface area contributed by atoms with Gasteiger partial charge in [-0.25, -0.2) is 4.39 Å². The molecule has 2 rings (SSSR count). The Kier molecular flexibility index (Phi) is 4.97. The van der Waals surface area contributed by atoms with Crippen molar-refractivity contribution in [2.75, 3.05) is 6.54 Å². The Labute approximate surface area is 125 Å². The molecule has 2 aromatic rings. The molecular formula is C15H14BrClFN. The van der Waals surface area contributed by atoms with Crippen molar-refractivity contribution in [2.24, 2.45) is 5.73 Å². The third-order valence-electron chi connectivity index (χ3n) is 3.08. The van der Waals surface area contributed by atoms with Crippen molar-refractivity contribution in [3.8, 4) is 0 Å². The summed E-state index contributed by atoms with van der Waals surface area (Å²) in [4.78, 5) is 0. The largest absolute Gasteiger partial charge is 0.330 e. The molecule has 0 saturated carbocycles. The summed E-state index contributed by atoms with van der Waals surface area (Å²) < 4.78 is 14.2. The van der Waals surface area contributed by atoms with Gasteiger partial charge in [0.15, 0.2) is 0 Å². The molecule has 19 heavy (non-hydrogen) atoms. The standard InChI is InChI=1S/C15H14BrClFN/c16-15-5-4-14(18)8-11(15)6-12(9-19)10-2-1-3-13(17)7-10/h1-5,7-8,12H,6,9,19H2. The van der Waals surface area contributed by atoms with Gasteiger partial charge in [-0.1, -0.05) is 39.7 Å². The van der Waals surface area contributed by atoms with Crippen LogP contribution in [0.2, 0.25) is 5.02 Å². The highest BCUT2D eigenvalue weighted by Gasteiger charge is 2.13. The lowest BCUT2D eigenvalue weighted by molar-refractivity contribution is 0.620. The molecule has 0 radical (unpaired) electrons. The van der Waals surface area contributed by atoms with Gasteiger partial charge < -0.3 is 5.73 Å². The molecule has 1 unspecified atom stereocenters. The topological polar surface area (TPSA) is 26.0 Å². The second-order valence-electron chi connectivity index (χ2n) is 4.43. The Morgan fingerprint density at radius 2 is 2.00 bits per heavy atom. The molecule has 2 N–H and O–H groups in total. The van der Waals surface area contributed by atoms with Gasteiger partial charge >= 0.3 is 0 Å². The fraction of sp³-hybridized carbons (Fsp3) is 0.200. The van der Waals surface area contributed by atoms with Gasteiger partial charge in [-0.05, 0) is 54.4 Å². The van der Waals surface area contributed by atoms with Crippen LogP contribution in [0.15, 0.2) is 46.9 Å². The maximum absolute atomic E-state index is 13.3. The van der Waals surface area contributed by atoms with Crippen LogP contribution in [0.25, 0.3) is 0 Å². The van der Waals surface area contributed by atoms with Crippen LogP contribution in [0.3, 0.4) is 0 Å². The number of hydrogen-bond acceptors (Lipinski definition) is 1. The zero-order chi connectivity index (χ0) is 13.8. The van der Waals surface area contributed by atoms with Crippen LogP contribution in [-0.2, 0) is 6.42 Å². The minimum atomic E-state index is -0.236. The molecule has 1 atom stereocenters. The first kappa shape index (κ1) is 14.5. The minimum Gasteiger partial charge on any atom is -0.330 e. The molecule has 0 amide bonds. The van der Waals surface area contributed by atoms with Crippen LogP contribution in [0.4, 0.5) is 4.39 Å². The molecule has 100 valence electrons. The molecule has 1 nitrogen and oxygen atoms in total. The highest BCUT2D eigenvalue weighted by molar-refractivity contribution is 9.10. The van der Waals surface area contributed by atoms with Crippen LogP contribution in [-0.4, -0.2) is 6.54 Å². The van der Waals surface area contributed by atoms with E-state index >= 15 is 0 Å². The van der Waals surface area contributed by atoms with Crippen LogP contribution in [0.5, 0.6) is 0 Å². The smallest absolute Gasteiger partial charge is 0.123 e. The van der Waals surface area contributed by atoms with Crippen molar-refractivity contribution in [3.05, 3.63) is 68.9 Å². The zero-order valence-corrected chi connectivity index (χ0v) is 12.6. The monoisotopic (exact) mass is 341 g/mol. The molecule has 0 saturated heterocycles. The van der Waals surface area contributed by atoms with E-state index in [0.717, 1.165) is 15.6 Å². The van der Waals surface area contributed by atoms with Crippen molar-refractivity contribution in [2.45, 2.75) is 12.3 Å². The van der Waals surface area contributed by atoms with Gasteiger partial charge in [-0.15, -0.1) is 0 Å². The van der Waals surface area contributed by atoms with Crippen molar-refractivity contribution in [1.29, 1.82) is 0 Å². The quantitative estimate of drug-likeness (QED) is 0.868. The second kappa shape index (κ2) is 6.51. The fourth-order valence-electron chi connectivity index (χ4n) is 2.06. The summed E-state index contributed by atoms with van der Waals surface area (Å²) in [5, 5.41) is 0.689. The Hall–Kier alpha value is -0.900. The van der Waals surface area contributed by atoms with E-state index in [1.54, 1.807) is 6.07 Å². The predicted molar refractivity (Wildman–Crippen MR) is 81.1 cm³/mol. The van der Waals surface area contributed by atoms with E-state index in [4.69, 9.17) is 17.3 Å². The molecule has 0 aliphatic heterocycles. The van der Waals surface area contributed by atoms with Crippen molar-refractivity contribution in [1.82, 2.24) is 0 Å². The lowest BCUT2D eigenvalue weighted by Gasteiger charge is -2.16. The average molecular weight is 343 g/mol. The summed E-state index contributed by atoms with van der Waals surface area (Å²) in [6.07, 6.45) is 0.676. The number of nitrogens with two attached hydrogens (primary N) is 1. The molecule has 0 bridgehead atoms. The Morgan fingerprint density at radius 1 is 1.21 bits per heavy atom. The average Bonchev–Trinajstić information content (AvgIpc) is 2.39. The van der Waals surface area contributed by atoms with Crippen molar-refractivity contribution < 1.29 is 4.39 Å². The minimum absolute atomic E-state index is 0.122. The molecule has 0 aliphatic rings. The van der Waals surface area contributed by atoms with E-state index in [1.807, 2.05) is 24.3 Å². The molecule has 0 spiro atoms.